The molecular formula is C20H32N4O2S. The molecule has 0 aliphatic carbocycles. The van der Waals surface area contributed by atoms with Gasteiger partial charge in [0, 0.05) is 69.5 Å². The van der Waals surface area contributed by atoms with Gasteiger partial charge < -0.3 is 19.9 Å². The molecule has 0 aromatic heterocycles. The van der Waals surface area contributed by atoms with Crippen LogP contribution in [0.25, 0.3) is 0 Å². The molecule has 2 saturated heterocycles. The number of hydrogen-bond donors (Lipinski definition) is 2. The molecule has 6 nitrogen and oxygen atoms in total. The molecule has 2 aliphatic heterocycles. The smallest absolute Gasteiger partial charge is 0.410 e. The first kappa shape index (κ1) is 20.3. The molecule has 3 rings (SSSR count). The Morgan fingerprint density at radius 2 is 1.74 bits per heavy atom. The summed E-state index contributed by atoms with van der Waals surface area (Å²) < 4.78 is 5.48. The lowest BCUT2D eigenvalue weighted by atomic mass is 10.1. The molecule has 1 aromatic carbocycles. The van der Waals surface area contributed by atoms with Crippen LogP contribution in [0.5, 0.6) is 0 Å². The van der Waals surface area contributed by atoms with Crippen LogP contribution in [0.4, 0.5) is 10.5 Å². The molecule has 27 heavy (non-hydrogen) atoms. The summed E-state index contributed by atoms with van der Waals surface area (Å²) in [6.07, 6.45) is -0.208. The van der Waals surface area contributed by atoms with Crippen LogP contribution in [0.2, 0.25) is 0 Å². The minimum Gasteiger partial charge on any atom is -0.444 e. The SMILES string of the molecule is CC(C)(C)OC(=O)N1CCN(Cc2cc(S)cc(N3CCNCC3)c2)CC1. The first-order valence-electron chi connectivity index (χ1n) is 9.79. The van der Waals surface area contributed by atoms with E-state index in [2.05, 4.69) is 45.9 Å². The second kappa shape index (κ2) is 8.71. The molecule has 2 fully saturated rings. The van der Waals surface area contributed by atoms with Crippen molar-refractivity contribution in [3.05, 3.63) is 23.8 Å². The number of anilines is 1. The topological polar surface area (TPSA) is 48.1 Å². The fraction of sp³-hybridized carbons (Fsp3) is 0.650. The van der Waals surface area contributed by atoms with E-state index in [0.29, 0.717) is 13.1 Å². The third kappa shape index (κ3) is 6.02. The third-order valence-corrected chi connectivity index (χ3v) is 5.13. The lowest BCUT2D eigenvalue weighted by molar-refractivity contribution is 0.0139. The van der Waals surface area contributed by atoms with Gasteiger partial charge in [-0.25, -0.2) is 4.79 Å². The number of ether oxygens (including phenoxy) is 1. The average molecular weight is 393 g/mol. The van der Waals surface area contributed by atoms with Crippen LogP contribution in [0.3, 0.4) is 0 Å². The Balaban J connectivity index is 1.56. The molecule has 0 atom stereocenters. The first-order valence-corrected chi connectivity index (χ1v) is 10.2. The van der Waals surface area contributed by atoms with Gasteiger partial charge in [0.15, 0.2) is 0 Å². The maximum Gasteiger partial charge on any atom is 0.410 e. The van der Waals surface area contributed by atoms with Gasteiger partial charge in [-0.2, -0.15) is 0 Å². The lowest BCUT2D eigenvalue weighted by Gasteiger charge is -2.36. The summed E-state index contributed by atoms with van der Waals surface area (Å²) in [5.41, 5.74) is 2.09. The van der Waals surface area contributed by atoms with Gasteiger partial charge in [0.1, 0.15) is 5.60 Å². The number of hydrogen-bond acceptors (Lipinski definition) is 6. The van der Waals surface area contributed by atoms with E-state index >= 15 is 0 Å². The van der Waals surface area contributed by atoms with Crippen molar-refractivity contribution >= 4 is 24.4 Å². The summed E-state index contributed by atoms with van der Waals surface area (Å²) in [4.78, 5) is 19.8. The Kier molecular flexibility index (Phi) is 6.55. The molecule has 1 N–H and O–H groups in total. The van der Waals surface area contributed by atoms with Crippen LogP contribution >= 0.6 is 12.6 Å². The Bertz CT molecular complexity index is 648. The molecule has 7 heteroatoms. The zero-order valence-corrected chi connectivity index (χ0v) is 17.6. The molecule has 1 amide bonds. The van der Waals surface area contributed by atoms with E-state index < -0.39 is 5.60 Å². The van der Waals surface area contributed by atoms with Crippen molar-refractivity contribution in [2.45, 2.75) is 37.8 Å². The van der Waals surface area contributed by atoms with Crippen LogP contribution < -0.4 is 10.2 Å². The van der Waals surface area contributed by atoms with Crippen molar-refractivity contribution in [1.29, 1.82) is 0 Å². The zero-order valence-electron chi connectivity index (χ0n) is 16.7. The molecule has 150 valence electrons. The highest BCUT2D eigenvalue weighted by molar-refractivity contribution is 7.80. The van der Waals surface area contributed by atoms with Gasteiger partial charge in [-0.15, -0.1) is 12.6 Å². The number of carbonyl (C=O) groups excluding carboxylic acids is 1. The summed E-state index contributed by atoms with van der Waals surface area (Å²) >= 11 is 4.61. The van der Waals surface area contributed by atoms with Crippen molar-refractivity contribution in [2.75, 3.05) is 57.3 Å². The molecule has 0 radical (unpaired) electrons. The van der Waals surface area contributed by atoms with E-state index in [1.807, 2.05) is 25.7 Å². The molecular weight excluding hydrogens is 360 g/mol. The molecule has 0 saturated carbocycles. The van der Waals surface area contributed by atoms with Crippen LogP contribution in [0.15, 0.2) is 23.1 Å². The van der Waals surface area contributed by atoms with E-state index in [9.17, 15) is 4.79 Å². The number of nitrogens with zero attached hydrogens (tertiary/aromatic N) is 3. The Hall–Kier alpha value is -1.44. The van der Waals surface area contributed by atoms with Crippen molar-refractivity contribution < 1.29 is 9.53 Å². The van der Waals surface area contributed by atoms with E-state index in [-0.39, 0.29) is 6.09 Å². The van der Waals surface area contributed by atoms with Gasteiger partial charge in [0.05, 0.1) is 0 Å². The predicted molar refractivity (Wildman–Crippen MR) is 112 cm³/mol. The van der Waals surface area contributed by atoms with Gasteiger partial charge in [-0.1, -0.05) is 0 Å². The fourth-order valence-corrected chi connectivity index (χ4v) is 3.82. The molecule has 1 aromatic rings. The summed E-state index contributed by atoms with van der Waals surface area (Å²) in [6, 6.07) is 6.58. The van der Waals surface area contributed by atoms with Crippen molar-refractivity contribution in [1.82, 2.24) is 15.1 Å². The average Bonchev–Trinajstić information content (AvgIpc) is 2.61. The van der Waals surface area contributed by atoms with Gasteiger partial charge in [0.25, 0.3) is 0 Å². The zero-order chi connectivity index (χ0) is 19.4. The molecule has 2 heterocycles. The van der Waals surface area contributed by atoms with Crippen LogP contribution in [-0.2, 0) is 11.3 Å². The second-order valence-corrected chi connectivity index (χ2v) is 8.85. The fourth-order valence-electron chi connectivity index (χ4n) is 3.53. The largest absolute Gasteiger partial charge is 0.444 e. The Morgan fingerprint density at radius 3 is 2.37 bits per heavy atom. The van der Waals surface area contributed by atoms with E-state index in [4.69, 9.17) is 4.74 Å². The highest BCUT2D eigenvalue weighted by Crippen LogP contribution is 2.23. The molecule has 0 spiro atoms. The van der Waals surface area contributed by atoms with E-state index in [1.54, 1.807) is 0 Å². The maximum atomic E-state index is 12.2. The molecule has 0 bridgehead atoms. The number of carbonyl (C=O) groups is 1. The number of thiol groups is 1. The maximum absolute atomic E-state index is 12.2. The van der Waals surface area contributed by atoms with E-state index in [1.165, 1.54) is 11.3 Å². The lowest BCUT2D eigenvalue weighted by Crippen LogP contribution is -2.49. The number of amides is 1. The van der Waals surface area contributed by atoms with Crippen LogP contribution in [0, 0.1) is 0 Å². The normalized spacial score (nSPS) is 19.3. The number of piperazine rings is 2. The second-order valence-electron chi connectivity index (χ2n) is 8.34. The molecule has 0 unspecified atom stereocenters. The van der Waals surface area contributed by atoms with Crippen LogP contribution in [-0.4, -0.2) is 73.9 Å². The monoisotopic (exact) mass is 392 g/mol. The molecule has 2 aliphatic rings. The Labute approximate surface area is 168 Å². The number of nitrogens with one attached hydrogen (secondary N) is 1. The summed E-state index contributed by atoms with van der Waals surface area (Å²) in [6.45, 7) is 13.9. The van der Waals surface area contributed by atoms with E-state index in [0.717, 1.165) is 50.7 Å². The van der Waals surface area contributed by atoms with Gasteiger partial charge in [-0.3, -0.25) is 4.90 Å². The quantitative estimate of drug-likeness (QED) is 0.774. The highest BCUT2D eigenvalue weighted by atomic mass is 32.1. The predicted octanol–water partition coefficient (Wildman–Crippen LogP) is 2.44. The number of benzene rings is 1. The minimum atomic E-state index is -0.443. The van der Waals surface area contributed by atoms with Gasteiger partial charge >= 0.3 is 6.09 Å². The highest BCUT2D eigenvalue weighted by Gasteiger charge is 2.26. The standard InChI is InChI=1S/C20H32N4O2S/c1-20(2,3)26-19(25)24-10-8-22(9-11-24)15-16-12-17(14-18(27)13-16)23-6-4-21-5-7-23/h12-14,21,27H,4-11,15H2,1-3H3. The summed E-state index contributed by atoms with van der Waals surface area (Å²) in [5, 5.41) is 3.40. The van der Waals surface area contributed by atoms with Gasteiger partial charge in [0.2, 0.25) is 0 Å². The summed E-state index contributed by atoms with van der Waals surface area (Å²) in [5.74, 6) is 0. The first-order chi connectivity index (χ1) is 12.8. The van der Waals surface area contributed by atoms with Gasteiger partial charge in [-0.05, 0) is 44.5 Å². The number of rotatable bonds is 3. The van der Waals surface area contributed by atoms with Crippen LogP contribution in [0.1, 0.15) is 26.3 Å². The van der Waals surface area contributed by atoms with Crippen molar-refractivity contribution in [2.24, 2.45) is 0 Å². The minimum absolute atomic E-state index is 0.208. The third-order valence-electron chi connectivity index (χ3n) is 4.87. The Morgan fingerprint density at radius 1 is 1.07 bits per heavy atom. The summed E-state index contributed by atoms with van der Waals surface area (Å²) in [7, 11) is 0. The van der Waals surface area contributed by atoms with Crippen molar-refractivity contribution in [3.8, 4) is 0 Å². The van der Waals surface area contributed by atoms with Crippen molar-refractivity contribution in [3.63, 3.8) is 0 Å².